The Morgan fingerprint density at radius 2 is 2.24 bits per heavy atom. The van der Waals surface area contributed by atoms with Gasteiger partial charge in [-0.05, 0) is 18.2 Å². The lowest BCUT2D eigenvalue weighted by Crippen LogP contribution is -2.36. The minimum absolute atomic E-state index is 0.102. The molecular weight excluding hydrogens is 244 g/mol. The smallest absolute Gasteiger partial charge is 0.254 e. The minimum atomic E-state index is -0.696. The average molecular weight is 259 g/mol. The highest BCUT2D eigenvalue weighted by Gasteiger charge is 2.17. The number of hydrogen-bond donors (Lipinski definition) is 2. The largest absolute Gasteiger partial charge is 0.495 e. The molecule has 5 nitrogen and oxygen atoms in total. The van der Waals surface area contributed by atoms with Crippen LogP contribution in [0.2, 0.25) is 5.02 Å². The lowest BCUT2D eigenvalue weighted by molar-refractivity contribution is -0.125. The zero-order valence-electron chi connectivity index (χ0n) is 9.70. The first-order valence-corrected chi connectivity index (χ1v) is 5.37. The molecule has 0 aromatic heterocycles. The van der Waals surface area contributed by atoms with Crippen LogP contribution in [0.5, 0.6) is 5.75 Å². The summed E-state index contributed by atoms with van der Waals surface area (Å²) in [6, 6.07) is 4.94. The molecule has 0 saturated carbocycles. The molecule has 1 rings (SSSR count). The van der Waals surface area contributed by atoms with Crippen LogP contribution in [0, 0.1) is 0 Å². The molecule has 17 heavy (non-hydrogen) atoms. The van der Waals surface area contributed by atoms with Crippen molar-refractivity contribution in [1.82, 2.24) is 0 Å². The van der Waals surface area contributed by atoms with Crippen LogP contribution in [-0.2, 0) is 9.53 Å². The van der Waals surface area contributed by atoms with Crippen molar-refractivity contribution in [2.24, 2.45) is 5.73 Å². The first kappa shape index (κ1) is 13.8. The minimum Gasteiger partial charge on any atom is -0.495 e. The summed E-state index contributed by atoms with van der Waals surface area (Å²) in [5.41, 5.74) is 5.88. The third-order valence-electron chi connectivity index (χ3n) is 2.21. The van der Waals surface area contributed by atoms with Crippen LogP contribution < -0.4 is 15.8 Å². The summed E-state index contributed by atoms with van der Waals surface area (Å²) in [6.45, 7) is 0.102. The van der Waals surface area contributed by atoms with Gasteiger partial charge >= 0.3 is 0 Å². The Balaban J connectivity index is 2.86. The van der Waals surface area contributed by atoms with Gasteiger partial charge in [0.25, 0.3) is 5.91 Å². The van der Waals surface area contributed by atoms with Crippen LogP contribution in [0.4, 0.5) is 5.69 Å². The van der Waals surface area contributed by atoms with Crippen molar-refractivity contribution < 1.29 is 14.3 Å². The molecule has 0 aliphatic carbocycles. The number of anilines is 1. The van der Waals surface area contributed by atoms with Crippen LogP contribution in [-0.4, -0.2) is 32.8 Å². The van der Waals surface area contributed by atoms with E-state index in [0.717, 1.165) is 0 Å². The van der Waals surface area contributed by atoms with Gasteiger partial charge in [-0.1, -0.05) is 11.6 Å². The van der Waals surface area contributed by atoms with Crippen LogP contribution in [0.3, 0.4) is 0 Å². The number of methoxy groups -OCH3 is 2. The average Bonchev–Trinajstić information content (AvgIpc) is 2.31. The number of benzene rings is 1. The van der Waals surface area contributed by atoms with Gasteiger partial charge in [0.1, 0.15) is 11.9 Å². The highest BCUT2D eigenvalue weighted by Crippen LogP contribution is 2.27. The summed E-state index contributed by atoms with van der Waals surface area (Å²) < 4.78 is 10.0. The van der Waals surface area contributed by atoms with Crippen molar-refractivity contribution in [1.29, 1.82) is 0 Å². The van der Waals surface area contributed by atoms with Gasteiger partial charge in [-0.15, -0.1) is 0 Å². The van der Waals surface area contributed by atoms with E-state index in [2.05, 4.69) is 5.32 Å². The quantitative estimate of drug-likeness (QED) is 0.834. The van der Waals surface area contributed by atoms with Gasteiger partial charge < -0.3 is 20.5 Å². The lowest BCUT2D eigenvalue weighted by Gasteiger charge is -2.15. The molecule has 0 saturated heterocycles. The zero-order valence-corrected chi connectivity index (χ0v) is 10.5. The third-order valence-corrected chi connectivity index (χ3v) is 2.45. The molecule has 1 atom stereocenters. The number of nitrogens with one attached hydrogen (secondary N) is 1. The Morgan fingerprint density at radius 1 is 1.53 bits per heavy atom. The molecule has 1 amide bonds. The van der Waals surface area contributed by atoms with E-state index in [9.17, 15) is 4.79 Å². The first-order valence-electron chi connectivity index (χ1n) is 4.99. The molecule has 1 unspecified atom stereocenters. The predicted octanol–water partition coefficient (Wildman–Crippen LogP) is 1.26. The fourth-order valence-corrected chi connectivity index (χ4v) is 1.47. The van der Waals surface area contributed by atoms with E-state index in [-0.39, 0.29) is 12.5 Å². The Bertz CT molecular complexity index is 394. The Hall–Kier alpha value is -1.30. The fraction of sp³-hybridized carbons (Fsp3) is 0.364. The maximum Gasteiger partial charge on any atom is 0.254 e. The van der Waals surface area contributed by atoms with Crippen molar-refractivity contribution in [3.8, 4) is 5.75 Å². The van der Waals surface area contributed by atoms with Crippen LogP contribution in [0.15, 0.2) is 18.2 Å². The molecule has 0 radical (unpaired) electrons. The SMILES string of the molecule is COc1ccc(Cl)cc1NC(=O)C(CN)OC. The molecule has 3 N–H and O–H groups in total. The normalized spacial score (nSPS) is 12.0. The van der Waals surface area contributed by atoms with E-state index < -0.39 is 6.10 Å². The van der Waals surface area contributed by atoms with Crippen molar-refractivity contribution in [2.75, 3.05) is 26.1 Å². The van der Waals surface area contributed by atoms with Crippen molar-refractivity contribution in [3.05, 3.63) is 23.2 Å². The van der Waals surface area contributed by atoms with E-state index in [4.69, 9.17) is 26.8 Å². The zero-order chi connectivity index (χ0) is 12.8. The summed E-state index contributed by atoms with van der Waals surface area (Å²) in [5, 5.41) is 3.15. The van der Waals surface area contributed by atoms with Gasteiger partial charge in [-0.3, -0.25) is 4.79 Å². The van der Waals surface area contributed by atoms with Crippen LogP contribution in [0.1, 0.15) is 0 Å². The first-order chi connectivity index (χ1) is 8.12. The van der Waals surface area contributed by atoms with Crippen LogP contribution >= 0.6 is 11.6 Å². The number of amides is 1. The predicted molar refractivity (Wildman–Crippen MR) is 66.5 cm³/mol. The Morgan fingerprint density at radius 3 is 2.76 bits per heavy atom. The van der Waals surface area contributed by atoms with Gasteiger partial charge in [-0.2, -0.15) is 0 Å². The number of carbonyl (C=O) groups excluding carboxylic acids is 1. The summed E-state index contributed by atoms with van der Waals surface area (Å²) >= 11 is 5.84. The molecular formula is C11H15ClN2O3. The Kier molecular flexibility index (Phi) is 5.21. The molecule has 0 bridgehead atoms. The highest BCUT2D eigenvalue weighted by atomic mass is 35.5. The number of carbonyl (C=O) groups is 1. The lowest BCUT2D eigenvalue weighted by atomic mass is 10.2. The number of ether oxygens (including phenoxy) is 2. The number of hydrogen-bond acceptors (Lipinski definition) is 4. The second-order valence-corrected chi connectivity index (χ2v) is 3.73. The third kappa shape index (κ3) is 3.59. The summed E-state index contributed by atoms with van der Waals surface area (Å²) in [7, 11) is 2.93. The van der Waals surface area contributed by atoms with Gasteiger partial charge in [0.2, 0.25) is 0 Å². The standard InChI is InChI=1S/C11H15ClN2O3/c1-16-9-4-3-7(12)5-8(9)14-11(15)10(6-13)17-2/h3-5,10H,6,13H2,1-2H3,(H,14,15). The molecule has 94 valence electrons. The summed E-state index contributed by atoms with van der Waals surface area (Å²) in [5.74, 6) is 0.185. The number of halogens is 1. The maximum atomic E-state index is 11.7. The van der Waals surface area contributed by atoms with Crippen molar-refractivity contribution in [3.63, 3.8) is 0 Å². The van der Waals surface area contributed by atoms with Crippen molar-refractivity contribution >= 4 is 23.2 Å². The molecule has 0 aliphatic rings. The summed E-state index contributed by atoms with van der Waals surface area (Å²) in [4.78, 5) is 11.7. The Labute approximate surface area is 105 Å². The van der Waals surface area contributed by atoms with E-state index in [1.807, 2.05) is 0 Å². The monoisotopic (exact) mass is 258 g/mol. The molecule has 6 heteroatoms. The maximum absolute atomic E-state index is 11.7. The second kappa shape index (κ2) is 6.44. The molecule has 0 spiro atoms. The van der Waals surface area contributed by atoms with Crippen molar-refractivity contribution in [2.45, 2.75) is 6.10 Å². The van der Waals surface area contributed by atoms with Gasteiger partial charge in [0.15, 0.2) is 0 Å². The topological polar surface area (TPSA) is 73.6 Å². The fourth-order valence-electron chi connectivity index (χ4n) is 1.30. The summed E-state index contributed by atoms with van der Waals surface area (Å²) in [6.07, 6.45) is -0.696. The molecule has 0 aliphatic heterocycles. The van der Waals surface area contributed by atoms with Crippen LogP contribution in [0.25, 0.3) is 0 Å². The molecule has 1 aromatic rings. The highest BCUT2D eigenvalue weighted by molar-refractivity contribution is 6.31. The number of rotatable bonds is 5. The van der Waals surface area contributed by atoms with E-state index in [1.165, 1.54) is 14.2 Å². The second-order valence-electron chi connectivity index (χ2n) is 3.29. The molecule has 1 aromatic carbocycles. The van der Waals surface area contributed by atoms with Gasteiger partial charge in [-0.25, -0.2) is 0 Å². The molecule has 0 heterocycles. The number of nitrogens with two attached hydrogens (primary N) is 1. The van der Waals surface area contributed by atoms with E-state index >= 15 is 0 Å². The molecule has 0 fully saturated rings. The van der Waals surface area contributed by atoms with E-state index in [1.54, 1.807) is 18.2 Å². The van der Waals surface area contributed by atoms with Gasteiger partial charge in [0, 0.05) is 18.7 Å². The van der Waals surface area contributed by atoms with E-state index in [0.29, 0.717) is 16.5 Å². The van der Waals surface area contributed by atoms with Gasteiger partial charge in [0.05, 0.1) is 12.8 Å².